The molecule has 0 saturated heterocycles. The highest BCUT2D eigenvalue weighted by atomic mass is 16.4. The van der Waals surface area contributed by atoms with Crippen molar-refractivity contribution in [2.45, 2.75) is 50.9 Å². The SMILES string of the molecule is CC(C)C(NC(=O)C(N)CO)C(=O)NC(CC(=O)O)C(=O)NC(Cc1ccccc1)C(=O)O. The maximum atomic E-state index is 12.7. The number of carboxylic acids is 2. The Balaban J connectivity index is 2.98. The zero-order valence-electron chi connectivity index (χ0n) is 18.4. The normalized spacial score (nSPS) is 14.5. The number of hydrogen-bond acceptors (Lipinski definition) is 7. The molecule has 0 aliphatic carbocycles. The minimum atomic E-state index is -1.60. The lowest BCUT2D eigenvalue weighted by Crippen LogP contribution is -2.59. The second kappa shape index (κ2) is 13.1. The first-order valence-corrected chi connectivity index (χ1v) is 10.2. The van der Waals surface area contributed by atoms with Gasteiger partial charge in [-0.2, -0.15) is 0 Å². The van der Waals surface area contributed by atoms with E-state index in [1.807, 2.05) is 0 Å². The van der Waals surface area contributed by atoms with Gasteiger partial charge in [0.25, 0.3) is 0 Å². The minimum absolute atomic E-state index is 0.0562. The summed E-state index contributed by atoms with van der Waals surface area (Å²) in [5.74, 6) is -5.89. The van der Waals surface area contributed by atoms with E-state index >= 15 is 0 Å². The van der Waals surface area contributed by atoms with E-state index < -0.39 is 72.8 Å². The van der Waals surface area contributed by atoms with Crippen LogP contribution in [0, 0.1) is 5.92 Å². The van der Waals surface area contributed by atoms with Crippen molar-refractivity contribution in [3.63, 3.8) is 0 Å². The number of carbonyl (C=O) groups is 5. The van der Waals surface area contributed by atoms with E-state index in [0.717, 1.165) is 0 Å². The monoisotopic (exact) mass is 466 g/mol. The first-order chi connectivity index (χ1) is 15.5. The quantitative estimate of drug-likeness (QED) is 0.175. The van der Waals surface area contributed by atoms with Gasteiger partial charge < -0.3 is 37.0 Å². The van der Waals surface area contributed by atoms with Crippen LogP contribution in [0.1, 0.15) is 25.8 Å². The molecule has 1 aromatic carbocycles. The summed E-state index contributed by atoms with van der Waals surface area (Å²) in [4.78, 5) is 60.3. The molecule has 3 amide bonds. The summed E-state index contributed by atoms with van der Waals surface area (Å²) in [6.07, 6.45) is -0.871. The number of aliphatic hydroxyl groups is 1. The molecule has 0 bridgehead atoms. The van der Waals surface area contributed by atoms with Gasteiger partial charge in [-0.25, -0.2) is 4.79 Å². The van der Waals surface area contributed by atoms with Gasteiger partial charge in [0.15, 0.2) is 0 Å². The second-order valence-corrected chi connectivity index (χ2v) is 7.77. The van der Waals surface area contributed by atoms with Gasteiger partial charge >= 0.3 is 11.9 Å². The number of nitrogens with one attached hydrogen (secondary N) is 3. The topological polar surface area (TPSA) is 208 Å². The van der Waals surface area contributed by atoms with Gasteiger partial charge in [-0.15, -0.1) is 0 Å². The molecule has 12 nitrogen and oxygen atoms in total. The van der Waals surface area contributed by atoms with E-state index in [4.69, 9.17) is 15.9 Å². The van der Waals surface area contributed by atoms with Crippen molar-refractivity contribution in [1.29, 1.82) is 0 Å². The number of nitrogens with two attached hydrogens (primary N) is 1. The molecule has 0 aliphatic rings. The molecule has 0 saturated carbocycles. The van der Waals surface area contributed by atoms with Crippen LogP contribution in [0.15, 0.2) is 30.3 Å². The molecule has 0 heterocycles. The molecular weight excluding hydrogens is 436 g/mol. The van der Waals surface area contributed by atoms with Crippen LogP contribution >= 0.6 is 0 Å². The third kappa shape index (κ3) is 9.25. The van der Waals surface area contributed by atoms with Crippen LogP contribution in [0.2, 0.25) is 0 Å². The smallest absolute Gasteiger partial charge is 0.326 e. The van der Waals surface area contributed by atoms with Gasteiger partial charge in [0, 0.05) is 6.42 Å². The van der Waals surface area contributed by atoms with Crippen LogP contribution < -0.4 is 21.7 Å². The average molecular weight is 466 g/mol. The Hall–Kier alpha value is -3.51. The molecule has 0 aromatic heterocycles. The maximum Gasteiger partial charge on any atom is 0.326 e. The van der Waals surface area contributed by atoms with Crippen molar-refractivity contribution in [3.05, 3.63) is 35.9 Å². The Labute approximate surface area is 190 Å². The van der Waals surface area contributed by atoms with Crippen molar-refractivity contribution >= 4 is 29.7 Å². The summed E-state index contributed by atoms with van der Waals surface area (Å²) in [6.45, 7) is 2.55. The fourth-order valence-corrected chi connectivity index (χ4v) is 2.85. The fourth-order valence-electron chi connectivity index (χ4n) is 2.85. The standard InChI is InChI=1S/C21H30N4O8/c1-11(2)17(25-18(29)13(22)10-26)20(31)23-14(9-16(27)28)19(30)24-15(21(32)33)8-12-6-4-3-5-7-12/h3-7,11,13-15,17,26H,8-10,22H2,1-2H3,(H,23,31)(H,24,30)(H,25,29)(H,27,28)(H,32,33). The van der Waals surface area contributed by atoms with Gasteiger partial charge in [0.05, 0.1) is 13.0 Å². The summed E-state index contributed by atoms with van der Waals surface area (Å²) < 4.78 is 0. The van der Waals surface area contributed by atoms with Crippen LogP contribution in [-0.2, 0) is 30.4 Å². The lowest BCUT2D eigenvalue weighted by Gasteiger charge is -2.26. The number of rotatable bonds is 13. The van der Waals surface area contributed by atoms with E-state index in [1.54, 1.807) is 44.2 Å². The zero-order valence-corrected chi connectivity index (χ0v) is 18.4. The average Bonchev–Trinajstić information content (AvgIpc) is 2.75. The fraction of sp³-hybridized carbons (Fsp3) is 0.476. The molecule has 1 rings (SSSR count). The number of carbonyl (C=O) groups excluding carboxylic acids is 3. The highest BCUT2D eigenvalue weighted by Crippen LogP contribution is 2.07. The van der Waals surface area contributed by atoms with E-state index in [-0.39, 0.29) is 6.42 Å². The highest BCUT2D eigenvalue weighted by Gasteiger charge is 2.32. The van der Waals surface area contributed by atoms with Gasteiger partial charge in [0.2, 0.25) is 17.7 Å². The number of benzene rings is 1. The minimum Gasteiger partial charge on any atom is -0.481 e. The number of amides is 3. The molecule has 0 radical (unpaired) electrons. The Morgan fingerprint density at radius 1 is 0.879 bits per heavy atom. The van der Waals surface area contributed by atoms with Crippen LogP contribution in [0.3, 0.4) is 0 Å². The molecular formula is C21H30N4O8. The molecule has 0 fully saturated rings. The van der Waals surface area contributed by atoms with Gasteiger partial charge in [-0.1, -0.05) is 44.2 Å². The molecule has 182 valence electrons. The van der Waals surface area contributed by atoms with Crippen LogP contribution in [-0.4, -0.2) is 75.8 Å². The van der Waals surface area contributed by atoms with Crippen LogP contribution in [0.25, 0.3) is 0 Å². The van der Waals surface area contributed by atoms with Crippen molar-refractivity contribution in [3.8, 4) is 0 Å². The highest BCUT2D eigenvalue weighted by molar-refractivity contribution is 5.95. The van der Waals surface area contributed by atoms with E-state index in [1.165, 1.54) is 0 Å². The molecule has 8 N–H and O–H groups in total. The van der Waals surface area contributed by atoms with E-state index in [9.17, 15) is 29.1 Å². The summed E-state index contributed by atoms with van der Waals surface area (Å²) in [6, 6.07) is 3.07. The first-order valence-electron chi connectivity index (χ1n) is 10.2. The summed E-state index contributed by atoms with van der Waals surface area (Å²) in [5, 5.41) is 34.5. The number of hydrogen-bond donors (Lipinski definition) is 7. The lowest BCUT2D eigenvalue weighted by atomic mass is 10.0. The molecule has 12 heteroatoms. The van der Waals surface area contributed by atoms with E-state index in [0.29, 0.717) is 5.56 Å². The van der Waals surface area contributed by atoms with Gasteiger partial charge in [-0.05, 0) is 11.5 Å². The molecule has 4 unspecified atom stereocenters. The molecule has 33 heavy (non-hydrogen) atoms. The zero-order chi connectivity index (χ0) is 25.1. The predicted octanol–water partition coefficient (Wildman–Crippen LogP) is -1.78. The largest absolute Gasteiger partial charge is 0.481 e. The number of aliphatic hydroxyl groups excluding tert-OH is 1. The summed E-state index contributed by atoms with van der Waals surface area (Å²) in [5.41, 5.74) is 6.07. The Kier molecular flexibility index (Phi) is 11.0. The third-order valence-corrected chi connectivity index (χ3v) is 4.69. The summed E-state index contributed by atoms with van der Waals surface area (Å²) >= 11 is 0. The number of aliphatic carboxylic acids is 2. The Morgan fingerprint density at radius 2 is 1.45 bits per heavy atom. The number of carboxylic acid groups (broad SMARTS) is 2. The van der Waals surface area contributed by atoms with E-state index in [2.05, 4.69) is 16.0 Å². The van der Waals surface area contributed by atoms with Gasteiger partial charge in [0.1, 0.15) is 24.2 Å². The molecule has 4 atom stereocenters. The van der Waals surface area contributed by atoms with Crippen molar-refractivity contribution in [1.82, 2.24) is 16.0 Å². The Morgan fingerprint density at radius 3 is 1.94 bits per heavy atom. The van der Waals surface area contributed by atoms with Gasteiger partial charge in [-0.3, -0.25) is 19.2 Å². The van der Waals surface area contributed by atoms with Crippen molar-refractivity contribution < 1.29 is 39.3 Å². The summed E-state index contributed by atoms with van der Waals surface area (Å²) in [7, 11) is 0. The maximum absolute atomic E-state index is 12.7. The van der Waals surface area contributed by atoms with Crippen molar-refractivity contribution in [2.75, 3.05) is 6.61 Å². The van der Waals surface area contributed by atoms with Crippen LogP contribution in [0.4, 0.5) is 0 Å². The third-order valence-electron chi connectivity index (χ3n) is 4.69. The molecule has 0 spiro atoms. The second-order valence-electron chi connectivity index (χ2n) is 7.77. The molecule has 0 aliphatic heterocycles. The Bertz CT molecular complexity index is 846. The first kappa shape index (κ1) is 27.5. The van der Waals surface area contributed by atoms with Crippen molar-refractivity contribution in [2.24, 2.45) is 11.7 Å². The predicted molar refractivity (Wildman–Crippen MR) is 116 cm³/mol. The molecule has 1 aromatic rings. The lowest BCUT2D eigenvalue weighted by molar-refractivity contribution is -0.143. The van der Waals surface area contributed by atoms with Crippen LogP contribution in [0.5, 0.6) is 0 Å².